The summed E-state index contributed by atoms with van der Waals surface area (Å²) in [5, 5.41) is 0. The lowest BCUT2D eigenvalue weighted by atomic mass is 9.71. The zero-order chi connectivity index (χ0) is 21.8. The number of hydrogen-bond donors (Lipinski definition) is 0. The Morgan fingerprint density at radius 3 is 2.58 bits per heavy atom. The summed E-state index contributed by atoms with van der Waals surface area (Å²) in [5.74, 6) is -0.798. The standard InChI is InChI=1S/C22H33NO7.ClH/c1-6-23(7-2)9-11-28-22(25)14(4)30-18-15-8-10-27-19(15)21(26-5)20-17(18)16(24)12-13(3)29-20;/h8,10,12,14-15,17-21H,6-7,9,11H2,1-5H3;1H. The molecule has 2 heterocycles. The van der Waals surface area contributed by atoms with E-state index in [1.165, 1.54) is 6.08 Å². The van der Waals surface area contributed by atoms with Gasteiger partial charge in [-0.15, -0.1) is 12.4 Å². The fourth-order valence-corrected chi connectivity index (χ4v) is 4.51. The van der Waals surface area contributed by atoms with E-state index in [1.54, 1.807) is 27.2 Å². The molecule has 0 bridgehead atoms. The predicted molar refractivity (Wildman–Crippen MR) is 116 cm³/mol. The van der Waals surface area contributed by atoms with Crippen LogP contribution < -0.4 is 0 Å². The maximum absolute atomic E-state index is 12.9. The average molecular weight is 460 g/mol. The van der Waals surface area contributed by atoms with E-state index in [2.05, 4.69) is 18.7 Å². The third-order valence-corrected chi connectivity index (χ3v) is 6.16. The van der Waals surface area contributed by atoms with E-state index in [-0.39, 0.29) is 30.2 Å². The van der Waals surface area contributed by atoms with E-state index >= 15 is 0 Å². The summed E-state index contributed by atoms with van der Waals surface area (Å²) in [6, 6.07) is 0. The Hall–Kier alpha value is -1.61. The SMILES string of the molecule is CCN(CC)CCOC(=O)C(C)OC1C2C=COC2C(OC)C2OC(C)=CC(=O)C12.Cl. The first-order valence-corrected chi connectivity index (χ1v) is 10.7. The average Bonchev–Trinajstić information content (AvgIpc) is 3.20. The zero-order valence-electron chi connectivity index (χ0n) is 18.8. The highest BCUT2D eigenvalue weighted by atomic mass is 35.5. The van der Waals surface area contributed by atoms with Crippen molar-refractivity contribution >= 4 is 24.2 Å². The molecule has 1 aliphatic carbocycles. The summed E-state index contributed by atoms with van der Waals surface area (Å²) in [4.78, 5) is 27.6. The highest BCUT2D eigenvalue weighted by molar-refractivity contribution is 5.94. The van der Waals surface area contributed by atoms with Crippen molar-refractivity contribution in [2.75, 3.05) is 33.4 Å². The molecule has 0 N–H and O–H groups in total. The van der Waals surface area contributed by atoms with E-state index in [0.717, 1.165) is 13.1 Å². The first-order chi connectivity index (χ1) is 14.4. The first kappa shape index (κ1) is 25.6. The molecule has 31 heavy (non-hydrogen) atoms. The maximum atomic E-state index is 12.9. The Morgan fingerprint density at radius 1 is 1.23 bits per heavy atom. The summed E-state index contributed by atoms with van der Waals surface area (Å²) >= 11 is 0. The molecule has 0 spiro atoms. The van der Waals surface area contributed by atoms with E-state index in [1.807, 2.05) is 6.08 Å². The number of carbonyl (C=O) groups excluding carboxylic acids is 2. The van der Waals surface area contributed by atoms with E-state index in [0.29, 0.717) is 18.9 Å². The maximum Gasteiger partial charge on any atom is 0.335 e. The Balaban J connectivity index is 0.00000341. The number of methoxy groups -OCH3 is 1. The molecule has 3 rings (SSSR count). The number of ether oxygens (including phenoxy) is 5. The molecule has 0 amide bonds. The highest BCUT2D eigenvalue weighted by Crippen LogP contribution is 2.43. The van der Waals surface area contributed by atoms with Gasteiger partial charge in [0.15, 0.2) is 11.9 Å². The van der Waals surface area contributed by atoms with Crippen LogP contribution in [0.3, 0.4) is 0 Å². The largest absolute Gasteiger partial charge is 0.495 e. The Bertz CT molecular complexity index is 693. The highest BCUT2D eigenvalue weighted by Gasteiger charge is 2.58. The third kappa shape index (κ3) is 5.42. The molecule has 0 aromatic rings. The van der Waals surface area contributed by atoms with Crippen molar-refractivity contribution in [2.24, 2.45) is 11.8 Å². The van der Waals surface area contributed by atoms with Crippen LogP contribution in [0.5, 0.6) is 0 Å². The monoisotopic (exact) mass is 459 g/mol. The molecular formula is C22H34ClNO7. The smallest absolute Gasteiger partial charge is 0.335 e. The van der Waals surface area contributed by atoms with E-state index in [4.69, 9.17) is 23.7 Å². The molecule has 176 valence electrons. The number of ketones is 1. The first-order valence-electron chi connectivity index (χ1n) is 10.7. The van der Waals surface area contributed by atoms with Gasteiger partial charge in [0.05, 0.1) is 24.0 Å². The van der Waals surface area contributed by atoms with Crippen molar-refractivity contribution < 1.29 is 33.3 Å². The van der Waals surface area contributed by atoms with Crippen LogP contribution in [0.15, 0.2) is 24.2 Å². The van der Waals surface area contributed by atoms with Crippen LogP contribution in [0.1, 0.15) is 27.7 Å². The van der Waals surface area contributed by atoms with Gasteiger partial charge in [0.1, 0.15) is 24.9 Å². The fourth-order valence-electron chi connectivity index (χ4n) is 4.51. The number of carbonyl (C=O) groups is 2. The lowest BCUT2D eigenvalue weighted by Gasteiger charge is -2.48. The lowest BCUT2D eigenvalue weighted by Crippen LogP contribution is -2.62. The van der Waals surface area contributed by atoms with Gasteiger partial charge in [-0.1, -0.05) is 13.8 Å². The van der Waals surface area contributed by atoms with Gasteiger partial charge in [-0.3, -0.25) is 4.79 Å². The number of halogens is 1. The topological polar surface area (TPSA) is 83.5 Å². The molecule has 1 saturated carbocycles. The summed E-state index contributed by atoms with van der Waals surface area (Å²) in [6.07, 6.45) is 2.26. The van der Waals surface area contributed by atoms with Gasteiger partial charge in [-0.25, -0.2) is 4.79 Å². The molecule has 8 nitrogen and oxygen atoms in total. The fraction of sp³-hybridized carbons (Fsp3) is 0.727. The normalized spacial score (nSPS) is 32.2. The molecular weight excluding hydrogens is 426 g/mol. The van der Waals surface area contributed by atoms with Crippen LogP contribution in [0, 0.1) is 11.8 Å². The van der Waals surface area contributed by atoms with E-state index in [9.17, 15) is 9.59 Å². The van der Waals surface area contributed by atoms with Gasteiger partial charge in [-0.05, 0) is 33.0 Å². The van der Waals surface area contributed by atoms with Gasteiger partial charge < -0.3 is 28.6 Å². The van der Waals surface area contributed by atoms with Crippen molar-refractivity contribution in [1.29, 1.82) is 0 Å². The molecule has 2 aliphatic heterocycles. The molecule has 1 fully saturated rings. The zero-order valence-corrected chi connectivity index (χ0v) is 19.6. The van der Waals surface area contributed by atoms with Gasteiger partial charge in [0.25, 0.3) is 0 Å². The third-order valence-electron chi connectivity index (χ3n) is 6.16. The number of esters is 1. The quantitative estimate of drug-likeness (QED) is 0.485. The predicted octanol–water partition coefficient (Wildman–Crippen LogP) is 2.11. The van der Waals surface area contributed by atoms with Crippen molar-refractivity contribution in [3.8, 4) is 0 Å². The minimum atomic E-state index is -0.819. The summed E-state index contributed by atoms with van der Waals surface area (Å²) in [6.45, 7) is 10.3. The number of likely N-dealkylation sites (N-methyl/N-ethyl adjacent to an activating group) is 1. The van der Waals surface area contributed by atoms with Gasteiger partial charge >= 0.3 is 5.97 Å². The van der Waals surface area contributed by atoms with Crippen LogP contribution in [-0.4, -0.2) is 80.5 Å². The number of nitrogens with zero attached hydrogens (tertiary/aromatic N) is 1. The molecule has 0 radical (unpaired) electrons. The van der Waals surface area contributed by atoms with Crippen molar-refractivity contribution in [2.45, 2.75) is 58.2 Å². The molecule has 9 heteroatoms. The summed E-state index contributed by atoms with van der Waals surface area (Å²) in [7, 11) is 1.58. The molecule has 7 unspecified atom stereocenters. The number of fused-ring (bicyclic) bond motifs is 2. The second-order valence-corrected chi connectivity index (χ2v) is 7.91. The molecule has 7 atom stereocenters. The Kier molecular flexibility index (Phi) is 9.36. The minimum absolute atomic E-state index is 0. The number of allylic oxidation sites excluding steroid dienone is 2. The van der Waals surface area contributed by atoms with Crippen molar-refractivity contribution in [1.82, 2.24) is 4.90 Å². The van der Waals surface area contributed by atoms with Gasteiger partial charge in [-0.2, -0.15) is 0 Å². The summed E-state index contributed by atoms with van der Waals surface area (Å²) in [5.41, 5.74) is 0. The van der Waals surface area contributed by atoms with Crippen LogP contribution in [0.2, 0.25) is 0 Å². The second kappa shape index (κ2) is 11.3. The molecule has 3 aliphatic rings. The Morgan fingerprint density at radius 2 is 1.94 bits per heavy atom. The second-order valence-electron chi connectivity index (χ2n) is 7.91. The van der Waals surface area contributed by atoms with Crippen LogP contribution in [0.25, 0.3) is 0 Å². The Labute approximate surface area is 190 Å². The number of hydrogen-bond acceptors (Lipinski definition) is 8. The minimum Gasteiger partial charge on any atom is -0.495 e. The van der Waals surface area contributed by atoms with Crippen LogP contribution in [0.4, 0.5) is 0 Å². The number of rotatable bonds is 9. The summed E-state index contributed by atoms with van der Waals surface area (Å²) < 4.78 is 28.9. The van der Waals surface area contributed by atoms with Crippen molar-refractivity contribution in [3.05, 3.63) is 24.2 Å². The lowest BCUT2D eigenvalue weighted by molar-refractivity contribution is -0.208. The van der Waals surface area contributed by atoms with E-state index < -0.39 is 36.3 Å². The molecule has 0 aromatic heterocycles. The van der Waals surface area contributed by atoms with Crippen LogP contribution in [-0.2, 0) is 33.3 Å². The van der Waals surface area contributed by atoms with Gasteiger partial charge in [0.2, 0.25) is 0 Å². The molecule has 0 aromatic carbocycles. The van der Waals surface area contributed by atoms with Gasteiger partial charge in [0, 0.05) is 25.6 Å². The molecule has 0 saturated heterocycles. The van der Waals surface area contributed by atoms with Crippen LogP contribution >= 0.6 is 12.4 Å². The van der Waals surface area contributed by atoms with Crippen molar-refractivity contribution in [3.63, 3.8) is 0 Å².